The Bertz CT molecular complexity index is 665. The third-order valence-electron chi connectivity index (χ3n) is 4.05. The topological polar surface area (TPSA) is 54.5 Å². The number of nitrogens with one attached hydrogen (secondary N) is 1. The molecular formula is C17H23N3O2S. The highest BCUT2D eigenvalue weighted by Gasteiger charge is 2.29. The zero-order valence-electron chi connectivity index (χ0n) is 13.8. The van der Waals surface area contributed by atoms with Gasteiger partial charge in [-0.15, -0.1) is 0 Å². The van der Waals surface area contributed by atoms with Gasteiger partial charge in [-0.25, -0.2) is 4.98 Å². The molecular weight excluding hydrogens is 310 g/mol. The van der Waals surface area contributed by atoms with Crippen LogP contribution in [0.1, 0.15) is 26.7 Å². The van der Waals surface area contributed by atoms with E-state index in [-0.39, 0.29) is 17.6 Å². The van der Waals surface area contributed by atoms with Gasteiger partial charge in [0.1, 0.15) is 0 Å². The number of amides is 1. The summed E-state index contributed by atoms with van der Waals surface area (Å²) >= 11 is 1.61. The normalized spacial score (nSPS) is 20.4. The van der Waals surface area contributed by atoms with Crippen molar-refractivity contribution >= 4 is 32.6 Å². The lowest BCUT2D eigenvalue weighted by Crippen LogP contribution is -2.48. The summed E-state index contributed by atoms with van der Waals surface area (Å²) in [5.74, 6) is 0.0365. The molecule has 1 N–H and O–H groups in total. The lowest BCUT2D eigenvalue weighted by molar-refractivity contribution is -0.122. The Labute approximate surface area is 140 Å². The smallest absolute Gasteiger partial charge is 0.239 e. The van der Waals surface area contributed by atoms with Gasteiger partial charge in [0, 0.05) is 19.7 Å². The molecule has 124 valence electrons. The van der Waals surface area contributed by atoms with Gasteiger partial charge in [0.05, 0.1) is 22.4 Å². The average Bonchev–Trinajstić information content (AvgIpc) is 2.90. The maximum absolute atomic E-state index is 12.3. The van der Waals surface area contributed by atoms with E-state index in [2.05, 4.69) is 30.2 Å². The van der Waals surface area contributed by atoms with Crippen molar-refractivity contribution in [2.75, 3.05) is 25.1 Å². The molecule has 0 saturated carbocycles. The molecule has 0 bridgehead atoms. The summed E-state index contributed by atoms with van der Waals surface area (Å²) in [6, 6.07) is 8.21. The minimum atomic E-state index is -0.158. The Balaban J connectivity index is 1.58. The largest absolute Gasteiger partial charge is 0.375 e. The number of hydrogen-bond donors (Lipinski definition) is 1. The molecule has 1 aromatic heterocycles. The second-order valence-electron chi connectivity index (χ2n) is 6.69. The molecule has 2 heterocycles. The quantitative estimate of drug-likeness (QED) is 0.935. The molecule has 23 heavy (non-hydrogen) atoms. The van der Waals surface area contributed by atoms with E-state index in [0.717, 1.165) is 28.2 Å². The zero-order chi connectivity index (χ0) is 16.4. The number of likely N-dealkylation sites (N-methyl/N-ethyl adjacent to an activating group) is 1. The van der Waals surface area contributed by atoms with E-state index in [1.54, 1.807) is 11.3 Å². The van der Waals surface area contributed by atoms with E-state index in [1.807, 2.05) is 30.1 Å². The van der Waals surface area contributed by atoms with Gasteiger partial charge in [-0.3, -0.25) is 4.79 Å². The first-order valence-electron chi connectivity index (χ1n) is 7.93. The lowest BCUT2D eigenvalue weighted by atomic mass is 9.94. The molecule has 5 nitrogen and oxygen atoms in total. The lowest BCUT2D eigenvalue weighted by Gasteiger charge is -2.36. The number of carbonyl (C=O) groups is 1. The van der Waals surface area contributed by atoms with Crippen molar-refractivity contribution in [2.45, 2.75) is 38.3 Å². The van der Waals surface area contributed by atoms with Crippen LogP contribution in [0.4, 0.5) is 5.13 Å². The Hall–Kier alpha value is -1.66. The van der Waals surface area contributed by atoms with Crippen LogP contribution in [-0.4, -0.2) is 42.7 Å². The van der Waals surface area contributed by atoms with Crippen LogP contribution in [0.15, 0.2) is 24.3 Å². The van der Waals surface area contributed by atoms with Crippen LogP contribution in [0.25, 0.3) is 10.2 Å². The fourth-order valence-corrected chi connectivity index (χ4v) is 3.86. The molecule has 3 rings (SSSR count). The van der Waals surface area contributed by atoms with Gasteiger partial charge in [-0.2, -0.15) is 0 Å². The number of benzene rings is 1. The van der Waals surface area contributed by atoms with Crippen molar-refractivity contribution in [2.24, 2.45) is 0 Å². The van der Waals surface area contributed by atoms with E-state index >= 15 is 0 Å². The highest BCUT2D eigenvalue weighted by atomic mass is 32.1. The third kappa shape index (κ3) is 4.00. The van der Waals surface area contributed by atoms with Gasteiger partial charge in [-0.1, -0.05) is 23.5 Å². The molecule has 0 radical (unpaired) electrons. The van der Waals surface area contributed by atoms with Crippen molar-refractivity contribution in [3.8, 4) is 0 Å². The van der Waals surface area contributed by atoms with Crippen LogP contribution in [0, 0.1) is 0 Å². The first-order chi connectivity index (χ1) is 10.9. The molecule has 1 aliphatic rings. The van der Waals surface area contributed by atoms with Crippen molar-refractivity contribution in [1.29, 1.82) is 0 Å². The number of ether oxygens (including phenoxy) is 1. The van der Waals surface area contributed by atoms with E-state index in [9.17, 15) is 4.79 Å². The molecule has 1 aromatic carbocycles. The third-order valence-corrected chi connectivity index (χ3v) is 5.20. The standard InChI is InChI=1S/C17H23N3O2S/c1-17(2)10-12(8-9-22-17)18-15(21)11-20(3)16-19-13-6-4-5-7-14(13)23-16/h4-7,12H,8-11H2,1-3H3,(H,18,21)/t12-/m0/s1. The first-order valence-corrected chi connectivity index (χ1v) is 8.75. The molecule has 6 heteroatoms. The molecule has 0 unspecified atom stereocenters. The van der Waals surface area contributed by atoms with Gasteiger partial charge in [0.2, 0.25) is 5.91 Å². The minimum absolute atomic E-state index is 0.0365. The molecule has 0 aliphatic carbocycles. The summed E-state index contributed by atoms with van der Waals surface area (Å²) in [5.41, 5.74) is 0.820. The molecule has 1 amide bonds. The number of fused-ring (bicyclic) bond motifs is 1. The summed E-state index contributed by atoms with van der Waals surface area (Å²) in [4.78, 5) is 18.8. The Kier molecular flexibility index (Phi) is 4.55. The minimum Gasteiger partial charge on any atom is -0.375 e. The van der Waals surface area contributed by atoms with Crippen LogP contribution < -0.4 is 10.2 Å². The number of thiazole rings is 1. The summed E-state index contributed by atoms with van der Waals surface area (Å²) in [7, 11) is 1.91. The predicted octanol–water partition coefficient (Wildman–Crippen LogP) is 2.81. The second-order valence-corrected chi connectivity index (χ2v) is 7.69. The van der Waals surface area contributed by atoms with E-state index < -0.39 is 0 Å². The summed E-state index contributed by atoms with van der Waals surface area (Å²) in [6.45, 7) is 5.15. The zero-order valence-corrected chi connectivity index (χ0v) is 14.7. The van der Waals surface area contributed by atoms with Crippen molar-refractivity contribution in [3.63, 3.8) is 0 Å². The number of nitrogens with zero attached hydrogens (tertiary/aromatic N) is 2. The van der Waals surface area contributed by atoms with Crippen LogP contribution >= 0.6 is 11.3 Å². The molecule has 1 fully saturated rings. The monoisotopic (exact) mass is 333 g/mol. The molecule has 2 aromatic rings. The maximum atomic E-state index is 12.3. The van der Waals surface area contributed by atoms with Crippen LogP contribution in [0.5, 0.6) is 0 Å². The van der Waals surface area contributed by atoms with Gasteiger partial charge in [0.15, 0.2) is 5.13 Å². The number of hydrogen-bond acceptors (Lipinski definition) is 5. The highest BCUT2D eigenvalue weighted by molar-refractivity contribution is 7.22. The van der Waals surface area contributed by atoms with Crippen molar-refractivity contribution in [1.82, 2.24) is 10.3 Å². The van der Waals surface area contributed by atoms with E-state index in [1.165, 1.54) is 0 Å². The summed E-state index contributed by atoms with van der Waals surface area (Å²) in [6.07, 6.45) is 1.73. The molecule has 1 saturated heterocycles. The van der Waals surface area contributed by atoms with E-state index in [0.29, 0.717) is 13.2 Å². The maximum Gasteiger partial charge on any atom is 0.239 e. The fraction of sp³-hybridized carbons (Fsp3) is 0.529. The number of aromatic nitrogens is 1. The number of anilines is 1. The summed E-state index contributed by atoms with van der Waals surface area (Å²) < 4.78 is 6.83. The van der Waals surface area contributed by atoms with Crippen molar-refractivity contribution < 1.29 is 9.53 Å². The van der Waals surface area contributed by atoms with Gasteiger partial charge < -0.3 is 15.0 Å². The number of para-hydroxylation sites is 1. The number of carbonyl (C=O) groups excluding carboxylic acids is 1. The Morgan fingerprint density at radius 2 is 2.26 bits per heavy atom. The van der Waals surface area contributed by atoms with Gasteiger partial charge in [0.25, 0.3) is 0 Å². The SMILES string of the molecule is CN(CC(=O)N[C@H]1CCOC(C)(C)C1)c1nc2ccccc2s1. The Morgan fingerprint density at radius 3 is 3.00 bits per heavy atom. The first kappa shape index (κ1) is 16.2. The highest BCUT2D eigenvalue weighted by Crippen LogP contribution is 2.28. The average molecular weight is 333 g/mol. The molecule has 1 aliphatic heterocycles. The molecule has 0 spiro atoms. The molecule has 1 atom stereocenters. The predicted molar refractivity (Wildman–Crippen MR) is 94.1 cm³/mol. The van der Waals surface area contributed by atoms with Crippen LogP contribution in [0.3, 0.4) is 0 Å². The fourth-order valence-electron chi connectivity index (χ4n) is 2.93. The van der Waals surface area contributed by atoms with Gasteiger partial charge in [-0.05, 0) is 38.8 Å². The second kappa shape index (κ2) is 6.45. The summed E-state index contributed by atoms with van der Waals surface area (Å²) in [5, 5.41) is 3.99. The van der Waals surface area contributed by atoms with Gasteiger partial charge >= 0.3 is 0 Å². The number of rotatable bonds is 4. The van der Waals surface area contributed by atoms with Crippen molar-refractivity contribution in [3.05, 3.63) is 24.3 Å². The van der Waals surface area contributed by atoms with E-state index in [4.69, 9.17) is 4.74 Å². The van der Waals surface area contributed by atoms with Crippen LogP contribution in [0.2, 0.25) is 0 Å². The van der Waals surface area contributed by atoms with Crippen LogP contribution in [-0.2, 0) is 9.53 Å². The Morgan fingerprint density at radius 1 is 1.48 bits per heavy atom.